The third-order valence-electron chi connectivity index (χ3n) is 3.01. The monoisotopic (exact) mass is 253 g/mol. The van der Waals surface area contributed by atoms with Crippen LogP contribution in [0.5, 0.6) is 0 Å². The van der Waals surface area contributed by atoms with Gasteiger partial charge in [0.15, 0.2) is 0 Å². The Balaban J connectivity index is 2.30. The van der Waals surface area contributed by atoms with Crippen LogP contribution in [0.4, 0.5) is 15.8 Å². The lowest BCUT2D eigenvalue weighted by Gasteiger charge is -2.40. The smallest absolute Gasteiger partial charge is 0.274 e. The van der Waals surface area contributed by atoms with E-state index in [0.717, 1.165) is 12.6 Å². The lowest BCUT2D eigenvalue weighted by atomic mass is 10.0. The zero-order valence-corrected chi connectivity index (χ0v) is 10.4. The van der Waals surface area contributed by atoms with Crippen LogP contribution in [0.3, 0.4) is 0 Å². The van der Waals surface area contributed by atoms with Gasteiger partial charge in [-0.05, 0) is 19.9 Å². The molecule has 1 fully saturated rings. The summed E-state index contributed by atoms with van der Waals surface area (Å²) in [6, 6.07) is 3.70. The van der Waals surface area contributed by atoms with Crippen LogP contribution in [0.25, 0.3) is 0 Å². The number of rotatable bonds is 2. The van der Waals surface area contributed by atoms with Crippen molar-refractivity contribution < 1.29 is 9.31 Å². The molecule has 1 aliphatic rings. The fraction of sp³-hybridized carbons (Fsp3) is 0.500. The number of hydrogen-bond acceptors (Lipinski definition) is 4. The molecule has 1 saturated heterocycles. The molecular weight excluding hydrogens is 237 g/mol. The molecule has 0 saturated carbocycles. The van der Waals surface area contributed by atoms with Crippen LogP contribution < -0.4 is 10.2 Å². The third kappa shape index (κ3) is 2.76. The summed E-state index contributed by atoms with van der Waals surface area (Å²) in [5.74, 6) is -0.574. The van der Waals surface area contributed by atoms with Crippen LogP contribution in [-0.2, 0) is 0 Å². The number of halogens is 1. The summed E-state index contributed by atoms with van der Waals surface area (Å²) in [6.45, 7) is 6.27. The Hall–Kier alpha value is -1.69. The first-order valence-corrected chi connectivity index (χ1v) is 5.82. The van der Waals surface area contributed by atoms with E-state index in [4.69, 9.17) is 0 Å². The molecule has 0 bridgehead atoms. The SMILES string of the molecule is CC1(C)CN(c2cc(F)cc([N+](=O)[O-])c2)CCN1. The van der Waals surface area contributed by atoms with Gasteiger partial charge in [-0.2, -0.15) is 0 Å². The Kier molecular flexibility index (Phi) is 3.21. The zero-order chi connectivity index (χ0) is 13.3. The Bertz CT molecular complexity index is 476. The molecule has 0 aromatic heterocycles. The maximum Gasteiger partial charge on any atom is 0.274 e. The molecule has 98 valence electrons. The van der Waals surface area contributed by atoms with Crippen LogP contribution >= 0.6 is 0 Å². The van der Waals surface area contributed by atoms with Crippen LogP contribution in [0, 0.1) is 15.9 Å². The normalized spacial score (nSPS) is 18.7. The molecule has 1 aromatic rings. The number of non-ortho nitro benzene ring substituents is 1. The molecule has 0 unspecified atom stereocenters. The van der Waals surface area contributed by atoms with E-state index in [2.05, 4.69) is 5.32 Å². The Morgan fingerprint density at radius 1 is 1.44 bits per heavy atom. The summed E-state index contributed by atoms with van der Waals surface area (Å²) < 4.78 is 13.4. The summed E-state index contributed by atoms with van der Waals surface area (Å²) in [4.78, 5) is 12.1. The highest BCUT2D eigenvalue weighted by Crippen LogP contribution is 2.25. The molecule has 1 aliphatic heterocycles. The van der Waals surface area contributed by atoms with Crippen molar-refractivity contribution in [1.29, 1.82) is 0 Å². The Morgan fingerprint density at radius 2 is 2.17 bits per heavy atom. The van der Waals surface area contributed by atoms with Crippen molar-refractivity contribution in [2.75, 3.05) is 24.5 Å². The maximum atomic E-state index is 13.4. The van der Waals surface area contributed by atoms with Gasteiger partial charge >= 0.3 is 0 Å². The Morgan fingerprint density at radius 3 is 2.78 bits per heavy atom. The van der Waals surface area contributed by atoms with E-state index < -0.39 is 10.7 Å². The van der Waals surface area contributed by atoms with Gasteiger partial charge in [-0.15, -0.1) is 0 Å². The molecule has 0 atom stereocenters. The van der Waals surface area contributed by atoms with E-state index in [1.165, 1.54) is 12.1 Å². The number of anilines is 1. The van der Waals surface area contributed by atoms with Gasteiger partial charge in [0, 0.05) is 36.9 Å². The van der Waals surface area contributed by atoms with Gasteiger partial charge in [-0.1, -0.05) is 0 Å². The second kappa shape index (κ2) is 4.53. The Labute approximate surface area is 105 Å². The second-order valence-corrected chi connectivity index (χ2v) is 5.16. The number of nitrogens with one attached hydrogen (secondary N) is 1. The van der Waals surface area contributed by atoms with Crippen molar-refractivity contribution in [3.8, 4) is 0 Å². The summed E-state index contributed by atoms with van der Waals surface area (Å²) >= 11 is 0. The fourth-order valence-corrected chi connectivity index (χ4v) is 2.21. The highest BCUT2D eigenvalue weighted by atomic mass is 19.1. The number of nitro benzene ring substituents is 1. The molecule has 0 aliphatic carbocycles. The molecular formula is C12H16FN3O2. The molecule has 1 aromatic carbocycles. The van der Waals surface area contributed by atoms with Gasteiger partial charge in [-0.3, -0.25) is 10.1 Å². The van der Waals surface area contributed by atoms with Gasteiger partial charge in [0.25, 0.3) is 5.69 Å². The lowest BCUT2D eigenvalue weighted by molar-refractivity contribution is -0.385. The average molecular weight is 253 g/mol. The fourth-order valence-electron chi connectivity index (χ4n) is 2.21. The predicted molar refractivity (Wildman–Crippen MR) is 67.3 cm³/mol. The quantitative estimate of drug-likeness (QED) is 0.646. The minimum atomic E-state index is -0.574. The second-order valence-electron chi connectivity index (χ2n) is 5.16. The van der Waals surface area contributed by atoms with Crippen molar-refractivity contribution in [1.82, 2.24) is 5.32 Å². The number of benzene rings is 1. The van der Waals surface area contributed by atoms with Gasteiger partial charge in [0.05, 0.1) is 11.0 Å². The highest BCUT2D eigenvalue weighted by molar-refractivity contribution is 5.54. The first-order valence-electron chi connectivity index (χ1n) is 5.82. The minimum Gasteiger partial charge on any atom is -0.368 e. The van der Waals surface area contributed by atoms with Crippen molar-refractivity contribution in [2.24, 2.45) is 0 Å². The van der Waals surface area contributed by atoms with Crippen LogP contribution in [0.1, 0.15) is 13.8 Å². The molecule has 5 nitrogen and oxygen atoms in total. The molecule has 2 rings (SSSR count). The third-order valence-corrected chi connectivity index (χ3v) is 3.01. The summed E-state index contributed by atoms with van der Waals surface area (Å²) in [5.41, 5.74) is 0.275. The molecule has 0 amide bonds. The number of nitrogens with zero attached hydrogens (tertiary/aromatic N) is 2. The average Bonchev–Trinajstić information content (AvgIpc) is 2.26. The van der Waals surface area contributed by atoms with Crippen molar-refractivity contribution in [2.45, 2.75) is 19.4 Å². The van der Waals surface area contributed by atoms with E-state index in [0.29, 0.717) is 18.8 Å². The van der Waals surface area contributed by atoms with Crippen LogP contribution in [-0.4, -0.2) is 30.1 Å². The first kappa shape index (κ1) is 12.8. The van der Waals surface area contributed by atoms with E-state index in [-0.39, 0.29) is 11.2 Å². The topological polar surface area (TPSA) is 58.4 Å². The molecule has 0 spiro atoms. The van der Waals surface area contributed by atoms with Gasteiger partial charge < -0.3 is 10.2 Å². The number of hydrogen-bond donors (Lipinski definition) is 1. The minimum absolute atomic E-state index is 0.0840. The molecule has 6 heteroatoms. The summed E-state index contributed by atoms with van der Waals surface area (Å²) in [7, 11) is 0. The molecule has 18 heavy (non-hydrogen) atoms. The zero-order valence-electron chi connectivity index (χ0n) is 10.4. The predicted octanol–water partition coefficient (Wildman–Crippen LogP) is 1.92. The van der Waals surface area contributed by atoms with Gasteiger partial charge in [0.2, 0.25) is 0 Å². The molecule has 0 radical (unpaired) electrons. The summed E-state index contributed by atoms with van der Waals surface area (Å²) in [5, 5.41) is 14.1. The van der Waals surface area contributed by atoms with Gasteiger partial charge in [0.1, 0.15) is 5.82 Å². The van der Waals surface area contributed by atoms with E-state index in [1.54, 1.807) is 0 Å². The first-order chi connectivity index (χ1) is 8.37. The van der Waals surface area contributed by atoms with Crippen molar-refractivity contribution >= 4 is 11.4 Å². The van der Waals surface area contributed by atoms with Crippen LogP contribution in [0.2, 0.25) is 0 Å². The van der Waals surface area contributed by atoms with E-state index in [9.17, 15) is 14.5 Å². The standard InChI is InChI=1S/C12H16FN3O2/c1-12(2)8-15(4-3-14-12)10-5-9(13)6-11(7-10)16(17)18/h5-7,14H,3-4,8H2,1-2H3. The largest absolute Gasteiger partial charge is 0.368 e. The number of nitro groups is 1. The lowest BCUT2D eigenvalue weighted by Crippen LogP contribution is -2.57. The number of piperazine rings is 1. The molecule has 1 heterocycles. The van der Waals surface area contributed by atoms with Crippen molar-refractivity contribution in [3.63, 3.8) is 0 Å². The molecule has 1 N–H and O–H groups in total. The van der Waals surface area contributed by atoms with Crippen molar-refractivity contribution in [3.05, 3.63) is 34.1 Å². The van der Waals surface area contributed by atoms with Gasteiger partial charge in [-0.25, -0.2) is 4.39 Å². The highest BCUT2D eigenvalue weighted by Gasteiger charge is 2.26. The summed E-state index contributed by atoms with van der Waals surface area (Å²) in [6.07, 6.45) is 0. The maximum absolute atomic E-state index is 13.4. The van der Waals surface area contributed by atoms with Crippen LogP contribution in [0.15, 0.2) is 18.2 Å². The van der Waals surface area contributed by atoms with E-state index >= 15 is 0 Å². The van der Waals surface area contributed by atoms with E-state index in [1.807, 2.05) is 18.7 Å².